The van der Waals surface area contributed by atoms with Gasteiger partial charge in [0, 0.05) is 28.6 Å². The summed E-state index contributed by atoms with van der Waals surface area (Å²) in [5.41, 5.74) is 0. The Morgan fingerprint density at radius 3 is 2.74 bits per heavy atom. The molecular weight excluding hydrogens is 280 g/mol. The van der Waals surface area contributed by atoms with Crippen molar-refractivity contribution in [2.24, 2.45) is 0 Å². The van der Waals surface area contributed by atoms with E-state index in [2.05, 4.69) is 16.7 Å². The van der Waals surface area contributed by atoms with Crippen LogP contribution in [-0.4, -0.2) is 41.3 Å². The quantitative estimate of drug-likeness (QED) is 0.723. The molecule has 0 aliphatic heterocycles. The maximum atomic E-state index is 11.8. The molecule has 108 valence electrons. The van der Waals surface area contributed by atoms with E-state index in [1.807, 2.05) is 31.5 Å². The predicted octanol–water partition coefficient (Wildman–Crippen LogP) is 2.09. The lowest BCUT2D eigenvalue weighted by Crippen LogP contribution is -2.48. The summed E-state index contributed by atoms with van der Waals surface area (Å²) in [6.45, 7) is 3.95. The first-order chi connectivity index (χ1) is 9.06. The van der Waals surface area contributed by atoms with E-state index in [1.165, 1.54) is 4.88 Å². The van der Waals surface area contributed by atoms with Crippen LogP contribution in [0.2, 0.25) is 0 Å². The van der Waals surface area contributed by atoms with Crippen LogP contribution >= 0.6 is 23.1 Å². The van der Waals surface area contributed by atoms with Crippen molar-refractivity contribution in [1.82, 2.24) is 10.6 Å². The van der Waals surface area contributed by atoms with Crippen molar-refractivity contribution in [2.75, 3.05) is 12.9 Å². The topological polar surface area (TPSA) is 61.4 Å². The molecule has 0 aliphatic rings. The van der Waals surface area contributed by atoms with Gasteiger partial charge in [0.15, 0.2) is 0 Å². The summed E-state index contributed by atoms with van der Waals surface area (Å²) in [4.78, 5) is 13.1. The summed E-state index contributed by atoms with van der Waals surface area (Å²) in [6.07, 6.45) is 2.77. The summed E-state index contributed by atoms with van der Waals surface area (Å²) in [6, 6.07) is 3.93. The largest absolute Gasteiger partial charge is 0.395 e. The molecule has 3 unspecified atom stereocenters. The molecule has 0 aromatic carbocycles. The number of thioether (sulfide) groups is 1. The zero-order valence-electron chi connectivity index (χ0n) is 11.6. The molecule has 0 aliphatic carbocycles. The number of rotatable bonds is 7. The lowest BCUT2D eigenvalue weighted by Gasteiger charge is -2.22. The highest BCUT2D eigenvalue weighted by Crippen LogP contribution is 2.11. The van der Waals surface area contributed by atoms with Crippen molar-refractivity contribution in [3.05, 3.63) is 22.4 Å². The van der Waals surface area contributed by atoms with E-state index in [9.17, 15) is 9.90 Å². The summed E-state index contributed by atoms with van der Waals surface area (Å²) in [5.74, 6) is 0. The first-order valence-electron chi connectivity index (χ1n) is 6.29. The lowest BCUT2D eigenvalue weighted by atomic mass is 10.2. The van der Waals surface area contributed by atoms with E-state index in [1.54, 1.807) is 23.1 Å². The number of amides is 2. The minimum absolute atomic E-state index is 0.0263. The fourth-order valence-electron chi connectivity index (χ4n) is 1.78. The molecule has 3 atom stereocenters. The normalized spacial score (nSPS) is 15.6. The predicted molar refractivity (Wildman–Crippen MR) is 83.0 cm³/mol. The number of aliphatic hydroxyl groups is 1. The molecule has 1 rings (SSSR count). The molecule has 0 fully saturated rings. The fraction of sp³-hybridized carbons (Fsp3) is 0.615. The summed E-state index contributed by atoms with van der Waals surface area (Å²) < 4.78 is 0. The molecule has 0 saturated heterocycles. The van der Waals surface area contributed by atoms with Crippen LogP contribution in [0.25, 0.3) is 0 Å². The van der Waals surface area contributed by atoms with Gasteiger partial charge in [-0.15, -0.1) is 11.3 Å². The van der Waals surface area contributed by atoms with E-state index < -0.39 is 0 Å². The van der Waals surface area contributed by atoms with Gasteiger partial charge < -0.3 is 15.7 Å². The van der Waals surface area contributed by atoms with Crippen LogP contribution in [0.3, 0.4) is 0 Å². The molecule has 4 nitrogen and oxygen atoms in total. The maximum absolute atomic E-state index is 11.8. The van der Waals surface area contributed by atoms with Gasteiger partial charge >= 0.3 is 6.03 Å². The zero-order chi connectivity index (χ0) is 14.3. The number of carbonyl (C=O) groups excluding carboxylic acids is 1. The molecule has 1 aromatic rings. The number of urea groups is 1. The van der Waals surface area contributed by atoms with Gasteiger partial charge in [-0.05, 0) is 31.5 Å². The third kappa shape index (κ3) is 5.84. The van der Waals surface area contributed by atoms with Crippen molar-refractivity contribution in [1.29, 1.82) is 0 Å². The average molecular weight is 302 g/mol. The van der Waals surface area contributed by atoms with Gasteiger partial charge in [0.2, 0.25) is 0 Å². The molecule has 0 radical (unpaired) electrons. The first kappa shape index (κ1) is 16.3. The van der Waals surface area contributed by atoms with Gasteiger partial charge in [0.05, 0.1) is 6.61 Å². The van der Waals surface area contributed by atoms with Crippen LogP contribution < -0.4 is 10.6 Å². The Hall–Kier alpha value is -0.720. The highest BCUT2D eigenvalue weighted by molar-refractivity contribution is 7.99. The van der Waals surface area contributed by atoms with Crippen LogP contribution in [0.1, 0.15) is 18.7 Å². The zero-order valence-corrected chi connectivity index (χ0v) is 13.2. The molecule has 1 aromatic heterocycles. The molecule has 1 heterocycles. The highest BCUT2D eigenvalue weighted by Gasteiger charge is 2.18. The van der Waals surface area contributed by atoms with Crippen LogP contribution in [0.15, 0.2) is 17.5 Å². The Balaban J connectivity index is 2.34. The number of aliphatic hydroxyl groups excluding tert-OH is 1. The Labute approximate surface area is 123 Å². The molecule has 19 heavy (non-hydrogen) atoms. The summed E-state index contributed by atoms with van der Waals surface area (Å²) >= 11 is 3.25. The van der Waals surface area contributed by atoms with Crippen LogP contribution in [0, 0.1) is 0 Å². The molecule has 0 saturated carbocycles. The van der Waals surface area contributed by atoms with Gasteiger partial charge in [-0.25, -0.2) is 4.79 Å². The summed E-state index contributed by atoms with van der Waals surface area (Å²) in [7, 11) is 0. The molecule has 6 heteroatoms. The van der Waals surface area contributed by atoms with Crippen LogP contribution in [0.5, 0.6) is 0 Å². The number of thiophene rings is 1. The van der Waals surface area contributed by atoms with Gasteiger partial charge in [-0.2, -0.15) is 11.8 Å². The van der Waals surface area contributed by atoms with E-state index >= 15 is 0 Å². The number of carbonyl (C=O) groups is 1. The molecule has 3 N–H and O–H groups in total. The van der Waals surface area contributed by atoms with Gasteiger partial charge in [-0.1, -0.05) is 6.07 Å². The lowest BCUT2D eigenvalue weighted by molar-refractivity contribution is 0.229. The van der Waals surface area contributed by atoms with Gasteiger partial charge in [0.1, 0.15) is 0 Å². The van der Waals surface area contributed by atoms with E-state index in [-0.39, 0.29) is 30.0 Å². The first-order valence-corrected chi connectivity index (χ1v) is 8.46. The Kier molecular flexibility index (Phi) is 7.27. The van der Waals surface area contributed by atoms with E-state index in [0.29, 0.717) is 0 Å². The summed E-state index contributed by atoms with van der Waals surface area (Å²) in [5, 5.41) is 17.0. The Bertz CT molecular complexity index is 367. The smallest absolute Gasteiger partial charge is 0.315 e. The van der Waals surface area contributed by atoms with Gasteiger partial charge in [-0.3, -0.25) is 0 Å². The second kappa shape index (κ2) is 8.45. The number of hydrogen-bond donors (Lipinski definition) is 3. The Morgan fingerprint density at radius 1 is 1.47 bits per heavy atom. The van der Waals surface area contributed by atoms with Crippen molar-refractivity contribution in [3.8, 4) is 0 Å². The maximum Gasteiger partial charge on any atom is 0.315 e. The number of nitrogens with one attached hydrogen (secondary N) is 2. The highest BCUT2D eigenvalue weighted by atomic mass is 32.2. The molecule has 0 spiro atoms. The standard InChI is InChI=1S/C13H22N2O2S2/c1-9(7-11-5-4-6-19-11)14-13(17)15-10(2)12(8-16)18-3/h4-6,9-10,12,16H,7-8H2,1-3H3,(H2,14,15,17). The molecular formula is C13H22N2O2S2. The van der Waals surface area contributed by atoms with Crippen molar-refractivity contribution in [3.63, 3.8) is 0 Å². The van der Waals surface area contributed by atoms with Crippen LogP contribution in [0.4, 0.5) is 4.79 Å². The SMILES string of the molecule is CSC(CO)C(C)NC(=O)NC(C)Cc1cccs1. The van der Waals surface area contributed by atoms with E-state index in [0.717, 1.165) is 6.42 Å². The van der Waals surface area contributed by atoms with E-state index in [4.69, 9.17) is 0 Å². The minimum atomic E-state index is -0.177. The monoisotopic (exact) mass is 302 g/mol. The second-order valence-electron chi connectivity index (χ2n) is 4.55. The third-order valence-electron chi connectivity index (χ3n) is 2.86. The third-order valence-corrected chi connectivity index (χ3v) is 4.93. The molecule has 0 bridgehead atoms. The van der Waals surface area contributed by atoms with Crippen molar-refractivity contribution < 1.29 is 9.90 Å². The second-order valence-corrected chi connectivity index (χ2v) is 6.66. The van der Waals surface area contributed by atoms with Crippen molar-refractivity contribution >= 4 is 29.1 Å². The van der Waals surface area contributed by atoms with Crippen molar-refractivity contribution in [2.45, 2.75) is 37.6 Å². The van der Waals surface area contributed by atoms with Gasteiger partial charge in [0.25, 0.3) is 0 Å². The van der Waals surface area contributed by atoms with Crippen LogP contribution in [-0.2, 0) is 6.42 Å². The number of hydrogen-bond acceptors (Lipinski definition) is 4. The average Bonchev–Trinajstić information content (AvgIpc) is 2.82. The minimum Gasteiger partial charge on any atom is -0.395 e. The Morgan fingerprint density at radius 2 is 2.21 bits per heavy atom. The fourth-order valence-corrected chi connectivity index (χ4v) is 3.24. The molecule has 2 amide bonds.